The SMILES string of the molecule is COCc1cc(=O)c(O)c(C(CC(=O)N2CCOCC2)c2ccc(OC)cc2)o1. The average molecular weight is 403 g/mol. The van der Waals surface area contributed by atoms with Gasteiger partial charge in [0.15, 0.2) is 5.76 Å². The molecule has 8 nitrogen and oxygen atoms in total. The number of aromatic hydroxyl groups is 1. The van der Waals surface area contributed by atoms with Crippen molar-refractivity contribution in [1.82, 2.24) is 4.90 Å². The summed E-state index contributed by atoms with van der Waals surface area (Å²) in [5, 5.41) is 10.4. The van der Waals surface area contributed by atoms with E-state index >= 15 is 0 Å². The highest BCUT2D eigenvalue weighted by atomic mass is 16.5. The molecule has 2 aromatic rings. The summed E-state index contributed by atoms with van der Waals surface area (Å²) >= 11 is 0. The van der Waals surface area contributed by atoms with Crippen LogP contribution in [0.3, 0.4) is 0 Å². The Morgan fingerprint density at radius 2 is 1.90 bits per heavy atom. The number of benzene rings is 1. The maximum atomic E-state index is 12.9. The highest BCUT2D eigenvalue weighted by molar-refractivity contribution is 5.78. The van der Waals surface area contributed by atoms with Crippen molar-refractivity contribution >= 4 is 5.91 Å². The molecule has 1 unspecified atom stereocenters. The fourth-order valence-electron chi connectivity index (χ4n) is 3.32. The van der Waals surface area contributed by atoms with E-state index in [1.807, 2.05) is 0 Å². The monoisotopic (exact) mass is 403 g/mol. The molecule has 1 N–H and O–H groups in total. The number of rotatable bonds is 7. The average Bonchev–Trinajstić information content (AvgIpc) is 2.75. The normalized spacial score (nSPS) is 15.2. The number of hydrogen-bond donors (Lipinski definition) is 1. The van der Waals surface area contributed by atoms with Crippen LogP contribution in [0.1, 0.15) is 29.4 Å². The van der Waals surface area contributed by atoms with Crippen molar-refractivity contribution in [3.63, 3.8) is 0 Å². The predicted molar refractivity (Wildman–Crippen MR) is 104 cm³/mol. The molecule has 3 rings (SSSR count). The number of ether oxygens (including phenoxy) is 3. The van der Waals surface area contributed by atoms with Gasteiger partial charge in [-0.2, -0.15) is 0 Å². The zero-order valence-corrected chi connectivity index (χ0v) is 16.6. The van der Waals surface area contributed by atoms with Gasteiger partial charge in [-0.05, 0) is 17.7 Å². The van der Waals surface area contributed by atoms with Crippen LogP contribution in [0.25, 0.3) is 0 Å². The molecule has 0 radical (unpaired) electrons. The van der Waals surface area contributed by atoms with E-state index in [1.54, 1.807) is 36.3 Å². The first kappa shape index (κ1) is 20.9. The largest absolute Gasteiger partial charge is 0.502 e. The summed E-state index contributed by atoms with van der Waals surface area (Å²) in [5.41, 5.74) is 0.149. The summed E-state index contributed by atoms with van der Waals surface area (Å²) in [7, 11) is 3.04. The molecule has 1 aromatic heterocycles. The molecule has 2 heterocycles. The van der Waals surface area contributed by atoms with Crippen LogP contribution in [0.4, 0.5) is 0 Å². The Morgan fingerprint density at radius 1 is 1.21 bits per heavy atom. The van der Waals surface area contributed by atoms with Gasteiger partial charge in [0, 0.05) is 32.7 Å². The first-order chi connectivity index (χ1) is 14.0. The summed E-state index contributed by atoms with van der Waals surface area (Å²) < 4.78 is 21.3. The molecular formula is C21H25NO7. The molecule has 156 valence electrons. The van der Waals surface area contributed by atoms with Crippen molar-refractivity contribution in [1.29, 1.82) is 0 Å². The second-order valence-electron chi connectivity index (χ2n) is 6.75. The third kappa shape index (κ3) is 4.96. The summed E-state index contributed by atoms with van der Waals surface area (Å²) in [5.74, 6) is -0.251. The van der Waals surface area contributed by atoms with Gasteiger partial charge in [-0.25, -0.2) is 0 Å². The van der Waals surface area contributed by atoms with Crippen LogP contribution in [0.5, 0.6) is 11.5 Å². The second kappa shape index (κ2) is 9.58. The van der Waals surface area contributed by atoms with E-state index in [-0.39, 0.29) is 30.5 Å². The van der Waals surface area contributed by atoms with Crippen LogP contribution in [-0.4, -0.2) is 56.4 Å². The molecule has 1 aliphatic rings. The van der Waals surface area contributed by atoms with E-state index in [0.717, 1.165) is 5.56 Å². The smallest absolute Gasteiger partial charge is 0.227 e. The molecular weight excluding hydrogens is 378 g/mol. The maximum absolute atomic E-state index is 12.9. The van der Waals surface area contributed by atoms with Crippen molar-refractivity contribution in [2.75, 3.05) is 40.5 Å². The fraction of sp³-hybridized carbons (Fsp3) is 0.429. The molecule has 0 aliphatic carbocycles. The minimum Gasteiger partial charge on any atom is -0.502 e. The van der Waals surface area contributed by atoms with E-state index < -0.39 is 17.1 Å². The predicted octanol–water partition coefficient (Wildman–Crippen LogP) is 1.88. The number of amides is 1. The minimum absolute atomic E-state index is 0.0409. The zero-order chi connectivity index (χ0) is 20.8. The molecule has 0 bridgehead atoms. The molecule has 0 spiro atoms. The number of carbonyl (C=O) groups excluding carboxylic acids is 1. The zero-order valence-electron chi connectivity index (χ0n) is 16.6. The third-order valence-electron chi connectivity index (χ3n) is 4.86. The molecule has 8 heteroatoms. The van der Waals surface area contributed by atoms with Gasteiger partial charge in [0.2, 0.25) is 17.1 Å². The van der Waals surface area contributed by atoms with Crippen LogP contribution < -0.4 is 10.2 Å². The lowest BCUT2D eigenvalue weighted by molar-refractivity contribution is -0.135. The molecule has 1 saturated heterocycles. The Kier molecular flexibility index (Phi) is 6.90. The first-order valence-electron chi connectivity index (χ1n) is 9.37. The Balaban J connectivity index is 2.00. The van der Waals surface area contributed by atoms with Crippen molar-refractivity contribution in [2.24, 2.45) is 0 Å². The van der Waals surface area contributed by atoms with E-state index in [9.17, 15) is 14.7 Å². The lowest BCUT2D eigenvalue weighted by Gasteiger charge is -2.28. The van der Waals surface area contributed by atoms with Crippen molar-refractivity contribution < 1.29 is 28.5 Å². The van der Waals surface area contributed by atoms with Crippen LogP contribution >= 0.6 is 0 Å². The van der Waals surface area contributed by atoms with Gasteiger partial charge < -0.3 is 28.6 Å². The van der Waals surface area contributed by atoms with E-state index in [0.29, 0.717) is 32.1 Å². The summed E-state index contributed by atoms with van der Waals surface area (Å²) in [6.07, 6.45) is 0.0409. The number of morpholine rings is 1. The maximum Gasteiger partial charge on any atom is 0.227 e. The lowest BCUT2D eigenvalue weighted by atomic mass is 9.91. The standard InChI is InChI=1S/C21H25NO7/c1-26-13-16-11-18(23)20(25)21(29-16)17(14-3-5-15(27-2)6-4-14)12-19(24)22-7-9-28-10-8-22/h3-6,11,17,25H,7-10,12-13H2,1-2H3. The van der Waals surface area contributed by atoms with Gasteiger partial charge in [0.1, 0.15) is 18.1 Å². The van der Waals surface area contributed by atoms with Gasteiger partial charge in [-0.15, -0.1) is 0 Å². The molecule has 1 aliphatic heterocycles. The van der Waals surface area contributed by atoms with Crippen molar-refractivity contribution in [2.45, 2.75) is 18.9 Å². The topological polar surface area (TPSA) is 98.4 Å². The van der Waals surface area contributed by atoms with Crippen molar-refractivity contribution in [3.8, 4) is 11.5 Å². The Morgan fingerprint density at radius 3 is 2.52 bits per heavy atom. The molecule has 29 heavy (non-hydrogen) atoms. The highest BCUT2D eigenvalue weighted by Crippen LogP contribution is 2.34. The fourth-order valence-corrected chi connectivity index (χ4v) is 3.32. The lowest BCUT2D eigenvalue weighted by Crippen LogP contribution is -2.41. The number of carbonyl (C=O) groups is 1. The third-order valence-corrected chi connectivity index (χ3v) is 4.86. The van der Waals surface area contributed by atoms with Gasteiger partial charge in [0.05, 0.1) is 26.2 Å². The van der Waals surface area contributed by atoms with Crippen LogP contribution in [-0.2, 0) is 20.9 Å². The summed E-state index contributed by atoms with van der Waals surface area (Å²) in [6, 6.07) is 8.29. The summed E-state index contributed by atoms with van der Waals surface area (Å²) in [4.78, 5) is 26.9. The molecule has 1 atom stereocenters. The number of hydrogen-bond acceptors (Lipinski definition) is 7. The first-order valence-corrected chi connectivity index (χ1v) is 9.37. The molecule has 0 saturated carbocycles. The quantitative estimate of drug-likeness (QED) is 0.754. The Bertz CT molecular complexity index is 885. The van der Waals surface area contributed by atoms with Gasteiger partial charge in [-0.3, -0.25) is 9.59 Å². The van der Waals surface area contributed by atoms with E-state index in [1.165, 1.54) is 13.2 Å². The van der Waals surface area contributed by atoms with Crippen molar-refractivity contribution in [3.05, 3.63) is 57.6 Å². The highest BCUT2D eigenvalue weighted by Gasteiger charge is 2.28. The molecule has 1 amide bonds. The van der Waals surface area contributed by atoms with Crippen LogP contribution in [0, 0.1) is 0 Å². The number of methoxy groups -OCH3 is 2. The Labute approximate surface area is 168 Å². The van der Waals surface area contributed by atoms with Crippen LogP contribution in [0.2, 0.25) is 0 Å². The summed E-state index contributed by atoms with van der Waals surface area (Å²) in [6.45, 7) is 2.07. The van der Waals surface area contributed by atoms with E-state index in [2.05, 4.69) is 0 Å². The van der Waals surface area contributed by atoms with Crippen LogP contribution in [0.15, 0.2) is 39.5 Å². The Hall–Kier alpha value is -2.84. The van der Waals surface area contributed by atoms with E-state index in [4.69, 9.17) is 18.6 Å². The van der Waals surface area contributed by atoms with Gasteiger partial charge >= 0.3 is 0 Å². The molecule has 1 aromatic carbocycles. The molecule has 1 fully saturated rings. The minimum atomic E-state index is -0.638. The number of nitrogens with zero attached hydrogens (tertiary/aromatic N) is 1. The van der Waals surface area contributed by atoms with Gasteiger partial charge in [0.25, 0.3) is 0 Å². The second-order valence-corrected chi connectivity index (χ2v) is 6.75. The van der Waals surface area contributed by atoms with Gasteiger partial charge in [-0.1, -0.05) is 12.1 Å².